The molecule has 2 rings (SSSR count). The molecule has 0 aliphatic rings. The van der Waals surface area contributed by atoms with E-state index in [1.807, 2.05) is 30.3 Å². The van der Waals surface area contributed by atoms with E-state index < -0.39 is 5.25 Å². The molecular formula is C19H20ClNO3S. The van der Waals surface area contributed by atoms with Gasteiger partial charge in [0, 0.05) is 10.6 Å². The van der Waals surface area contributed by atoms with Crippen LogP contribution in [-0.4, -0.2) is 29.1 Å². The second-order valence-electron chi connectivity index (χ2n) is 5.32. The van der Waals surface area contributed by atoms with Crippen LogP contribution >= 0.6 is 23.4 Å². The van der Waals surface area contributed by atoms with Crippen molar-refractivity contribution in [3.05, 3.63) is 60.2 Å². The van der Waals surface area contributed by atoms with Crippen molar-refractivity contribution < 1.29 is 14.3 Å². The Kier molecular flexibility index (Phi) is 7.34. The minimum absolute atomic E-state index is 0.180. The predicted molar refractivity (Wildman–Crippen MR) is 102 cm³/mol. The Bertz CT molecular complexity index is 704. The maximum atomic E-state index is 12.6. The van der Waals surface area contributed by atoms with Crippen molar-refractivity contribution in [2.24, 2.45) is 0 Å². The summed E-state index contributed by atoms with van der Waals surface area (Å²) >= 11 is 7.63. The van der Waals surface area contributed by atoms with Crippen molar-refractivity contribution in [2.75, 3.05) is 11.9 Å². The van der Waals surface area contributed by atoms with E-state index >= 15 is 0 Å². The number of carbonyl (C=O) groups excluding carboxylic acids is 2. The van der Waals surface area contributed by atoms with Crippen molar-refractivity contribution in [2.45, 2.75) is 29.4 Å². The molecule has 0 aromatic heterocycles. The first-order valence-electron chi connectivity index (χ1n) is 7.95. The minimum atomic E-state index is -0.436. The fraction of sp³-hybridized carbons (Fsp3) is 0.263. The minimum Gasteiger partial charge on any atom is -0.462 e. The molecule has 0 unspecified atom stereocenters. The van der Waals surface area contributed by atoms with E-state index in [2.05, 4.69) is 5.32 Å². The molecule has 0 saturated heterocycles. The molecular weight excluding hydrogens is 358 g/mol. The van der Waals surface area contributed by atoms with E-state index in [9.17, 15) is 9.59 Å². The molecule has 0 bridgehead atoms. The summed E-state index contributed by atoms with van der Waals surface area (Å²) in [6, 6.07) is 16.2. The van der Waals surface area contributed by atoms with Gasteiger partial charge in [-0.25, -0.2) is 4.79 Å². The van der Waals surface area contributed by atoms with Crippen LogP contribution in [0, 0.1) is 0 Å². The highest BCUT2D eigenvalue weighted by Crippen LogP contribution is 2.28. The van der Waals surface area contributed by atoms with E-state index in [1.54, 1.807) is 38.1 Å². The normalized spacial score (nSPS) is 12.9. The standard InChI is InChI=1S/C19H20ClNO3S/c1-3-24-19(23)14-9-11-15(12-10-14)21-18(22)17(13(2)20)25-16-7-5-4-6-8-16/h4-13,17H,3H2,1-2H3,(H,21,22)/t13-,17+/m1/s1. The SMILES string of the molecule is CCOC(=O)c1ccc(NC(=O)[C@@H](Sc2ccccc2)[C@@H](C)Cl)cc1. The molecule has 2 aromatic carbocycles. The largest absolute Gasteiger partial charge is 0.462 e. The first kappa shape index (κ1) is 19.3. The molecule has 4 nitrogen and oxygen atoms in total. The monoisotopic (exact) mass is 377 g/mol. The van der Waals surface area contributed by atoms with Crippen molar-refractivity contribution >= 4 is 40.9 Å². The summed E-state index contributed by atoms with van der Waals surface area (Å²) in [6.45, 7) is 3.87. The van der Waals surface area contributed by atoms with Crippen LogP contribution < -0.4 is 5.32 Å². The van der Waals surface area contributed by atoms with E-state index in [0.717, 1.165) is 4.90 Å². The number of anilines is 1. The number of hydrogen-bond acceptors (Lipinski definition) is 4. The highest BCUT2D eigenvalue weighted by atomic mass is 35.5. The Morgan fingerprint density at radius 2 is 1.76 bits per heavy atom. The van der Waals surface area contributed by atoms with Crippen LogP contribution in [0.1, 0.15) is 24.2 Å². The number of ether oxygens (including phenoxy) is 1. The highest BCUT2D eigenvalue weighted by molar-refractivity contribution is 8.00. The van der Waals surface area contributed by atoms with Gasteiger partial charge in [0.25, 0.3) is 0 Å². The smallest absolute Gasteiger partial charge is 0.338 e. The van der Waals surface area contributed by atoms with Crippen LogP contribution in [0.25, 0.3) is 0 Å². The molecule has 2 aromatic rings. The maximum Gasteiger partial charge on any atom is 0.338 e. The van der Waals surface area contributed by atoms with Gasteiger partial charge in [-0.3, -0.25) is 4.79 Å². The lowest BCUT2D eigenvalue weighted by Gasteiger charge is -2.18. The van der Waals surface area contributed by atoms with Crippen LogP contribution in [0.5, 0.6) is 0 Å². The average Bonchev–Trinajstić information content (AvgIpc) is 2.61. The second kappa shape index (κ2) is 9.49. The summed E-state index contributed by atoms with van der Waals surface area (Å²) in [5, 5.41) is 2.07. The molecule has 1 amide bonds. The Labute approximate surface area is 156 Å². The number of rotatable bonds is 7. The number of alkyl halides is 1. The number of benzene rings is 2. The number of halogens is 1. The van der Waals surface area contributed by atoms with E-state index in [1.165, 1.54) is 11.8 Å². The molecule has 1 N–H and O–H groups in total. The van der Waals surface area contributed by atoms with Crippen LogP contribution in [0.2, 0.25) is 0 Å². The number of carbonyl (C=O) groups is 2. The number of nitrogens with one attached hydrogen (secondary N) is 1. The van der Waals surface area contributed by atoms with Crippen LogP contribution in [0.15, 0.2) is 59.5 Å². The van der Waals surface area contributed by atoms with Crippen molar-refractivity contribution in [1.82, 2.24) is 0 Å². The van der Waals surface area contributed by atoms with Gasteiger partial charge in [0.2, 0.25) is 5.91 Å². The van der Waals surface area contributed by atoms with Gasteiger partial charge in [-0.05, 0) is 50.2 Å². The molecule has 2 atom stereocenters. The maximum absolute atomic E-state index is 12.6. The summed E-state index contributed by atoms with van der Waals surface area (Å²) in [5.74, 6) is -0.562. The van der Waals surface area contributed by atoms with Gasteiger partial charge in [-0.1, -0.05) is 18.2 Å². The lowest BCUT2D eigenvalue weighted by molar-refractivity contribution is -0.115. The molecule has 0 saturated carbocycles. The Morgan fingerprint density at radius 3 is 2.32 bits per heavy atom. The third kappa shape index (κ3) is 5.80. The number of amides is 1. The predicted octanol–water partition coefficient (Wildman–Crippen LogP) is 4.59. The third-order valence-corrected chi connectivity index (χ3v) is 5.17. The molecule has 132 valence electrons. The first-order chi connectivity index (χ1) is 12.0. The molecule has 0 radical (unpaired) electrons. The summed E-state index contributed by atoms with van der Waals surface area (Å²) in [7, 11) is 0. The molecule has 0 fully saturated rings. The zero-order valence-electron chi connectivity index (χ0n) is 14.1. The van der Waals surface area contributed by atoms with Crippen LogP contribution in [0.3, 0.4) is 0 Å². The molecule has 25 heavy (non-hydrogen) atoms. The summed E-state index contributed by atoms with van der Waals surface area (Å²) in [6.07, 6.45) is 0. The Hall–Kier alpha value is -1.98. The van der Waals surface area contributed by atoms with Crippen molar-refractivity contribution in [1.29, 1.82) is 0 Å². The quantitative estimate of drug-likeness (QED) is 0.435. The van der Waals surface area contributed by atoms with Crippen molar-refractivity contribution in [3.8, 4) is 0 Å². The van der Waals surface area contributed by atoms with Gasteiger partial charge in [0.05, 0.1) is 17.5 Å². The highest BCUT2D eigenvalue weighted by Gasteiger charge is 2.25. The van der Waals surface area contributed by atoms with E-state index in [0.29, 0.717) is 17.9 Å². The summed E-state index contributed by atoms with van der Waals surface area (Å²) < 4.78 is 4.94. The molecule has 0 heterocycles. The van der Waals surface area contributed by atoms with Gasteiger partial charge in [0.1, 0.15) is 5.25 Å². The zero-order valence-corrected chi connectivity index (χ0v) is 15.6. The van der Waals surface area contributed by atoms with E-state index in [-0.39, 0.29) is 17.3 Å². The zero-order chi connectivity index (χ0) is 18.2. The van der Waals surface area contributed by atoms with Crippen molar-refractivity contribution in [3.63, 3.8) is 0 Å². The summed E-state index contributed by atoms with van der Waals surface area (Å²) in [4.78, 5) is 25.2. The second-order valence-corrected chi connectivity index (χ2v) is 7.22. The first-order valence-corrected chi connectivity index (χ1v) is 9.26. The summed E-state index contributed by atoms with van der Waals surface area (Å²) in [5.41, 5.74) is 1.05. The number of thioether (sulfide) groups is 1. The lowest BCUT2D eigenvalue weighted by atomic mass is 10.2. The Morgan fingerprint density at radius 1 is 1.12 bits per heavy atom. The fourth-order valence-corrected chi connectivity index (χ4v) is 3.35. The van der Waals surface area contributed by atoms with Gasteiger partial charge >= 0.3 is 5.97 Å². The molecule has 0 aliphatic heterocycles. The van der Waals surface area contributed by atoms with Crippen LogP contribution in [-0.2, 0) is 9.53 Å². The number of hydrogen-bond donors (Lipinski definition) is 1. The lowest BCUT2D eigenvalue weighted by Crippen LogP contribution is -2.31. The van der Waals surface area contributed by atoms with Gasteiger partial charge in [-0.15, -0.1) is 23.4 Å². The van der Waals surface area contributed by atoms with Crippen LogP contribution in [0.4, 0.5) is 5.69 Å². The number of esters is 1. The Balaban J connectivity index is 2.04. The topological polar surface area (TPSA) is 55.4 Å². The van der Waals surface area contributed by atoms with Gasteiger partial charge < -0.3 is 10.1 Å². The molecule has 6 heteroatoms. The van der Waals surface area contributed by atoms with E-state index in [4.69, 9.17) is 16.3 Å². The average molecular weight is 378 g/mol. The molecule has 0 aliphatic carbocycles. The van der Waals surface area contributed by atoms with Gasteiger partial charge in [-0.2, -0.15) is 0 Å². The molecule has 0 spiro atoms. The third-order valence-electron chi connectivity index (χ3n) is 3.35. The fourth-order valence-electron chi connectivity index (χ4n) is 2.12. The van der Waals surface area contributed by atoms with Gasteiger partial charge in [0.15, 0.2) is 0 Å².